The van der Waals surface area contributed by atoms with Crippen molar-refractivity contribution in [2.45, 2.75) is 456 Å². The average Bonchev–Trinajstić information content (AvgIpc) is 3.58. The number of ether oxygens (including phenoxy) is 1. The van der Waals surface area contributed by atoms with Crippen LogP contribution >= 0.6 is 0 Å². The highest BCUT2D eigenvalue weighted by Crippen LogP contribution is 2.19. The van der Waals surface area contributed by atoms with Gasteiger partial charge >= 0.3 is 5.97 Å². The van der Waals surface area contributed by atoms with Crippen molar-refractivity contribution in [1.82, 2.24) is 5.32 Å². The van der Waals surface area contributed by atoms with Gasteiger partial charge in [0.25, 0.3) is 0 Å². The van der Waals surface area contributed by atoms with Crippen molar-refractivity contribution in [2.24, 2.45) is 0 Å². The lowest BCUT2D eigenvalue weighted by Crippen LogP contribution is -2.45. The van der Waals surface area contributed by atoms with Crippen molar-refractivity contribution >= 4 is 11.9 Å². The summed E-state index contributed by atoms with van der Waals surface area (Å²) in [4.78, 5) is 24.7. The fourth-order valence-corrected chi connectivity index (χ4v) is 12.8. The summed E-state index contributed by atoms with van der Waals surface area (Å²) in [7, 11) is 0. The molecule has 2 atom stereocenters. The Bertz CT molecular complexity index is 1570. The van der Waals surface area contributed by atoms with E-state index in [4.69, 9.17) is 4.74 Å². The molecule has 0 aromatic rings. The molecule has 0 aliphatic carbocycles. The third-order valence-electron chi connectivity index (χ3n) is 19.0. The van der Waals surface area contributed by atoms with E-state index in [1.54, 1.807) is 6.08 Å². The van der Waals surface area contributed by atoms with E-state index < -0.39 is 12.1 Å². The number of amides is 1. The van der Waals surface area contributed by atoms with Gasteiger partial charge in [-0.3, -0.25) is 9.59 Å². The van der Waals surface area contributed by atoms with E-state index in [0.29, 0.717) is 19.4 Å². The molecule has 91 heavy (non-hydrogen) atoms. The van der Waals surface area contributed by atoms with E-state index in [0.717, 1.165) is 57.8 Å². The van der Waals surface area contributed by atoms with Crippen molar-refractivity contribution < 1.29 is 24.5 Å². The Balaban J connectivity index is 3.41. The van der Waals surface area contributed by atoms with E-state index in [9.17, 15) is 19.8 Å². The van der Waals surface area contributed by atoms with E-state index >= 15 is 0 Å². The first-order valence-electron chi connectivity index (χ1n) is 41.1. The summed E-state index contributed by atoms with van der Waals surface area (Å²) in [5.74, 6) is -0.0609. The highest BCUT2D eigenvalue weighted by atomic mass is 16.5. The van der Waals surface area contributed by atoms with Gasteiger partial charge in [-0.05, 0) is 96.3 Å². The summed E-state index contributed by atoms with van der Waals surface area (Å²) in [6.45, 7) is 4.92. The van der Waals surface area contributed by atoms with E-state index in [1.807, 2.05) is 6.08 Å². The topological polar surface area (TPSA) is 95.9 Å². The number of carbonyl (C=O) groups is 2. The van der Waals surface area contributed by atoms with Crippen LogP contribution in [0.25, 0.3) is 0 Å². The fourth-order valence-electron chi connectivity index (χ4n) is 12.8. The minimum atomic E-state index is -0.846. The molecule has 0 aromatic carbocycles. The predicted molar refractivity (Wildman–Crippen MR) is 402 cm³/mol. The van der Waals surface area contributed by atoms with Gasteiger partial charge < -0.3 is 20.3 Å². The van der Waals surface area contributed by atoms with Gasteiger partial charge in [-0.2, -0.15) is 0 Å². The van der Waals surface area contributed by atoms with Crippen LogP contribution in [0.4, 0.5) is 0 Å². The maximum Gasteiger partial charge on any atom is 0.305 e. The molecule has 0 aliphatic rings. The maximum absolute atomic E-state index is 12.6. The summed E-state index contributed by atoms with van der Waals surface area (Å²) < 4.78 is 5.49. The number of hydrogen-bond acceptors (Lipinski definition) is 5. The summed E-state index contributed by atoms with van der Waals surface area (Å²) >= 11 is 0. The van der Waals surface area contributed by atoms with Gasteiger partial charge in [-0.1, -0.05) is 396 Å². The van der Waals surface area contributed by atoms with Crippen LogP contribution in [0, 0.1) is 0 Å². The second kappa shape index (κ2) is 80.0. The van der Waals surface area contributed by atoms with Crippen LogP contribution in [0.5, 0.6) is 0 Å². The molecule has 0 heterocycles. The lowest BCUT2D eigenvalue weighted by molar-refractivity contribution is -0.143. The smallest absolute Gasteiger partial charge is 0.305 e. The molecule has 0 rings (SSSR count). The number of carbonyl (C=O) groups excluding carboxylic acids is 2. The molecule has 0 bridgehead atoms. The molecule has 0 spiro atoms. The Morgan fingerprint density at radius 1 is 0.308 bits per heavy atom. The Kier molecular flexibility index (Phi) is 77.9. The second-order valence-corrected chi connectivity index (χ2v) is 28.1. The monoisotopic (exact) mass is 1270 g/mol. The van der Waals surface area contributed by atoms with Crippen LogP contribution in [0.1, 0.15) is 444 Å². The minimum absolute atomic E-state index is 0.000746. The van der Waals surface area contributed by atoms with E-state index in [1.165, 1.54) is 360 Å². The molecule has 0 radical (unpaired) electrons. The first-order valence-corrected chi connectivity index (χ1v) is 41.1. The van der Waals surface area contributed by atoms with Crippen LogP contribution in [-0.2, 0) is 14.3 Å². The fraction of sp³-hybridized carbons (Fsp3) is 0.859. The molecule has 6 heteroatoms. The molecule has 0 saturated heterocycles. The highest BCUT2D eigenvalue weighted by Gasteiger charge is 2.18. The number of unbranched alkanes of at least 4 members (excludes halogenated alkanes) is 58. The van der Waals surface area contributed by atoms with Crippen LogP contribution in [0.2, 0.25) is 0 Å². The summed E-state index contributed by atoms with van der Waals surface area (Å²) in [5, 5.41) is 23.3. The lowest BCUT2D eigenvalue weighted by atomic mass is 10.0. The molecule has 534 valence electrons. The van der Waals surface area contributed by atoms with Gasteiger partial charge in [0.1, 0.15) is 0 Å². The quantitative estimate of drug-likeness (QED) is 0.0320. The first-order chi connectivity index (χ1) is 45.0. The SMILES string of the molecule is CCCCCC/C=C\C/C=C\CCCCCCCC(=O)OCCCCCCCCCCC/C=C\C/C=C\CCCCCCCCCCCCCCCCCCCC(=O)NC(CO)C(O)/C=C/CCCCCCCCCCCCCCCCCCCCCCCCC. The molecule has 6 nitrogen and oxygen atoms in total. The van der Waals surface area contributed by atoms with Crippen molar-refractivity contribution in [3.63, 3.8) is 0 Å². The Morgan fingerprint density at radius 2 is 0.549 bits per heavy atom. The van der Waals surface area contributed by atoms with Gasteiger partial charge in [0, 0.05) is 12.8 Å². The second-order valence-electron chi connectivity index (χ2n) is 28.1. The van der Waals surface area contributed by atoms with Gasteiger partial charge in [0.15, 0.2) is 0 Å². The largest absolute Gasteiger partial charge is 0.466 e. The number of rotatable bonds is 77. The zero-order valence-corrected chi connectivity index (χ0v) is 61.3. The molecular weight excluding hydrogens is 1110 g/mol. The number of allylic oxidation sites excluding steroid dienone is 9. The lowest BCUT2D eigenvalue weighted by Gasteiger charge is -2.20. The summed E-state index contributed by atoms with van der Waals surface area (Å²) in [6, 6.07) is -0.629. The molecule has 3 N–H and O–H groups in total. The van der Waals surface area contributed by atoms with Gasteiger partial charge in [0.2, 0.25) is 5.91 Å². The number of hydrogen-bond donors (Lipinski definition) is 3. The van der Waals surface area contributed by atoms with Crippen molar-refractivity contribution in [3.05, 3.63) is 60.8 Å². The van der Waals surface area contributed by atoms with Crippen molar-refractivity contribution in [1.29, 1.82) is 0 Å². The number of nitrogens with one attached hydrogen (secondary N) is 1. The third kappa shape index (κ3) is 76.5. The van der Waals surface area contributed by atoms with Crippen LogP contribution < -0.4 is 5.32 Å². The Morgan fingerprint density at radius 3 is 0.846 bits per heavy atom. The highest BCUT2D eigenvalue weighted by molar-refractivity contribution is 5.76. The van der Waals surface area contributed by atoms with Crippen LogP contribution in [0.15, 0.2) is 60.8 Å². The molecule has 0 saturated carbocycles. The zero-order chi connectivity index (χ0) is 65.6. The van der Waals surface area contributed by atoms with E-state index in [-0.39, 0.29) is 18.5 Å². The Hall–Kier alpha value is -2.44. The predicted octanol–water partition coefficient (Wildman–Crippen LogP) is 27.3. The Labute approximate surface area is 569 Å². The molecule has 0 fully saturated rings. The van der Waals surface area contributed by atoms with Crippen molar-refractivity contribution in [2.75, 3.05) is 13.2 Å². The van der Waals surface area contributed by atoms with Gasteiger partial charge in [-0.15, -0.1) is 0 Å². The first kappa shape index (κ1) is 88.6. The molecule has 2 unspecified atom stereocenters. The number of esters is 1. The minimum Gasteiger partial charge on any atom is -0.466 e. The summed E-state index contributed by atoms with van der Waals surface area (Å²) in [5.41, 5.74) is 0. The van der Waals surface area contributed by atoms with Crippen molar-refractivity contribution in [3.8, 4) is 0 Å². The number of aliphatic hydroxyl groups is 2. The molecule has 1 amide bonds. The molecule has 0 aromatic heterocycles. The number of aliphatic hydroxyl groups excluding tert-OH is 2. The average molecular weight is 1280 g/mol. The maximum atomic E-state index is 12.6. The van der Waals surface area contributed by atoms with Gasteiger partial charge in [0.05, 0.1) is 25.4 Å². The third-order valence-corrected chi connectivity index (χ3v) is 19.0. The zero-order valence-electron chi connectivity index (χ0n) is 61.3. The van der Waals surface area contributed by atoms with E-state index in [2.05, 4.69) is 67.8 Å². The van der Waals surface area contributed by atoms with Gasteiger partial charge in [-0.25, -0.2) is 0 Å². The molecule has 0 aliphatic heterocycles. The standard InChI is InChI=1S/C85H159NO5/c1-3-5-7-9-11-13-15-17-19-21-22-23-24-34-37-40-43-46-49-53-57-61-65-69-73-77-83(88)82(81-87)86-84(89)78-74-70-66-62-58-54-50-47-44-41-38-35-32-30-28-26-25-27-29-31-33-36-39-42-45-48-52-56-60-64-68-72-76-80-91-85(90)79-75-71-67-63-59-55-51-20-18-16-14-12-10-8-6-4-2/h14,16,20,29,31,36,39,51,73,77,82-83,87-88H,3-13,15,17-19,21-28,30,32-35,37-38,40-50,52-72,74-76,78-81H2,1-2H3,(H,86,89)/b16-14-,31-29-,39-36-,51-20-,77-73+. The molecular formula is C85H159NO5. The normalized spacial score (nSPS) is 12.8. The van der Waals surface area contributed by atoms with Crippen LogP contribution in [0.3, 0.4) is 0 Å². The van der Waals surface area contributed by atoms with Crippen LogP contribution in [-0.4, -0.2) is 47.4 Å². The summed E-state index contributed by atoms with van der Waals surface area (Å²) in [6.07, 6.45) is 108.